The van der Waals surface area contributed by atoms with E-state index < -0.39 is 12.1 Å². The highest BCUT2D eigenvalue weighted by Crippen LogP contribution is 2.22. The number of ketones is 1. The minimum absolute atomic E-state index is 0.0128. The molecule has 3 rings (SSSR count). The summed E-state index contributed by atoms with van der Waals surface area (Å²) in [6.07, 6.45) is -0.608. The second-order valence-corrected chi connectivity index (χ2v) is 6.77. The van der Waals surface area contributed by atoms with Gasteiger partial charge >= 0.3 is 5.97 Å². The van der Waals surface area contributed by atoms with E-state index in [1.807, 2.05) is 19.1 Å². The lowest BCUT2D eigenvalue weighted by Crippen LogP contribution is -2.31. The third-order valence-corrected chi connectivity index (χ3v) is 4.65. The molecule has 1 heterocycles. The van der Waals surface area contributed by atoms with E-state index in [1.165, 1.54) is 6.92 Å². The van der Waals surface area contributed by atoms with Gasteiger partial charge in [-0.15, -0.1) is 0 Å². The Labute approximate surface area is 163 Å². The average molecular weight is 379 g/mol. The molecule has 0 bridgehead atoms. The zero-order valence-corrected chi connectivity index (χ0v) is 15.8. The molecule has 0 aliphatic carbocycles. The topological polar surface area (TPSA) is 80.8 Å². The summed E-state index contributed by atoms with van der Waals surface area (Å²) < 4.78 is 5.20. The summed E-state index contributed by atoms with van der Waals surface area (Å²) in [6.45, 7) is 3.58. The molecule has 0 N–H and O–H groups in total. The number of ether oxygens (including phenoxy) is 1. The fraction of sp³-hybridized carbons (Fsp3) is 0.273. The predicted octanol–water partition coefficient (Wildman–Crippen LogP) is 3.19. The lowest BCUT2D eigenvalue weighted by Gasteiger charge is -2.15. The normalized spacial score (nSPS) is 14.0. The van der Waals surface area contributed by atoms with Crippen molar-refractivity contribution in [3.05, 3.63) is 70.8 Å². The maximum atomic E-state index is 12.3. The van der Waals surface area contributed by atoms with Crippen LogP contribution in [-0.2, 0) is 9.53 Å². The first-order valence-corrected chi connectivity index (χ1v) is 9.14. The third kappa shape index (κ3) is 4.01. The van der Waals surface area contributed by atoms with E-state index in [0.29, 0.717) is 16.7 Å². The van der Waals surface area contributed by atoms with Gasteiger partial charge in [-0.3, -0.25) is 24.1 Å². The number of carbonyl (C=O) groups excluding carboxylic acids is 4. The van der Waals surface area contributed by atoms with Crippen molar-refractivity contribution >= 4 is 23.6 Å². The molecule has 1 aliphatic heterocycles. The summed E-state index contributed by atoms with van der Waals surface area (Å²) in [7, 11) is 0. The number of aryl methyl sites for hydroxylation is 1. The third-order valence-electron chi connectivity index (χ3n) is 4.65. The molecule has 0 aromatic heterocycles. The van der Waals surface area contributed by atoms with Crippen LogP contribution in [0.2, 0.25) is 0 Å². The Morgan fingerprint density at radius 3 is 2.11 bits per heavy atom. The molecule has 0 spiro atoms. The van der Waals surface area contributed by atoms with Gasteiger partial charge in [-0.2, -0.15) is 0 Å². The average Bonchev–Trinajstić information content (AvgIpc) is 2.93. The highest BCUT2D eigenvalue weighted by molar-refractivity contribution is 6.21. The first-order chi connectivity index (χ1) is 13.4. The number of Topliss-reactive ketones (excluding diaryl/α,β-unsaturated/α-hetero) is 1. The fourth-order valence-electron chi connectivity index (χ4n) is 3.09. The Morgan fingerprint density at radius 2 is 1.54 bits per heavy atom. The molecule has 0 unspecified atom stereocenters. The molecule has 2 amide bonds. The Morgan fingerprint density at radius 1 is 0.964 bits per heavy atom. The van der Waals surface area contributed by atoms with E-state index >= 15 is 0 Å². The number of hydrogen-bond donors (Lipinski definition) is 0. The van der Waals surface area contributed by atoms with Gasteiger partial charge in [0.15, 0.2) is 6.10 Å². The van der Waals surface area contributed by atoms with Crippen LogP contribution in [-0.4, -0.2) is 41.1 Å². The molecule has 2 aromatic rings. The van der Waals surface area contributed by atoms with Gasteiger partial charge in [0.1, 0.15) is 0 Å². The molecule has 2 aromatic carbocycles. The van der Waals surface area contributed by atoms with E-state index in [4.69, 9.17) is 4.74 Å². The quantitative estimate of drug-likeness (QED) is 0.419. The van der Waals surface area contributed by atoms with Crippen LogP contribution in [0.4, 0.5) is 0 Å². The lowest BCUT2D eigenvalue weighted by molar-refractivity contribution is -0.146. The summed E-state index contributed by atoms with van der Waals surface area (Å²) in [6, 6.07) is 13.7. The van der Waals surface area contributed by atoms with E-state index in [2.05, 4.69) is 0 Å². The fourth-order valence-corrected chi connectivity index (χ4v) is 3.09. The summed E-state index contributed by atoms with van der Waals surface area (Å²) in [4.78, 5) is 50.0. The minimum atomic E-state index is -0.894. The van der Waals surface area contributed by atoms with Crippen molar-refractivity contribution in [2.75, 3.05) is 6.54 Å². The number of esters is 1. The molecular formula is C22H21NO5. The molecule has 1 aliphatic rings. The van der Waals surface area contributed by atoms with E-state index in [1.54, 1.807) is 36.4 Å². The highest BCUT2D eigenvalue weighted by Gasteiger charge is 2.34. The van der Waals surface area contributed by atoms with E-state index in [9.17, 15) is 19.2 Å². The number of carbonyl (C=O) groups is 4. The Bertz CT molecular complexity index is 897. The molecule has 0 radical (unpaired) electrons. The first kappa shape index (κ1) is 19.5. The number of hydrogen-bond acceptors (Lipinski definition) is 5. The predicted molar refractivity (Wildman–Crippen MR) is 102 cm³/mol. The minimum Gasteiger partial charge on any atom is -0.454 e. The van der Waals surface area contributed by atoms with Crippen LogP contribution < -0.4 is 0 Å². The van der Waals surface area contributed by atoms with E-state index in [-0.39, 0.29) is 37.0 Å². The number of amides is 2. The van der Waals surface area contributed by atoms with Crippen molar-refractivity contribution in [2.24, 2.45) is 0 Å². The molecule has 1 atom stereocenters. The SMILES string of the molecule is Cc1ccc(C(=O)[C@@H](C)OC(=O)CCCN2C(=O)c3ccccc3C2=O)cc1. The first-order valence-electron chi connectivity index (χ1n) is 9.14. The van der Waals surface area contributed by atoms with Gasteiger partial charge in [0, 0.05) is 18.5 Å². The van der Waals surface area contributed by atoms with Gasteiger partial charge in [-0.25, -0.2) is 0 Å². The van der Waals surface area contributed by atoms with Crippen LogP contribution in [0.1, 0.15) is 56.4 Å². The molecule has 144 valence electrons. The molecule has 6 nitrogen and oxygen atoms in total. The van der Waals surface area contributed by atoms with Gasteiger partial charge in [-0.1, -0.05) is 42.0 Å². The number of rotatable bonds is 7. The van der Waals surface area contributed by atoms with Gasteiger partial charge in [0.05, 0.1) is 11.1 Å². The van der Waals surface area contributed by atoms with Crippen LogP contribution in [0.5, 0.6) is 0 Å². The van der Waals surface area contributed by atoms with Crippen molar-refractivity contribution in [1.29, 1.82) is 0 Å². The van der Waals surface area contributed by atoms with Crippen molar-refractivity contribution < 1.29 is 23.9 Å². The zero-order valence-electron chi connectivity index (χ0n) is 15.8. The van der Waals surface area contributed by atoms with Crippen LogP contribution in [0, 0.1) is 6.92 Å². The molecule has 0 saturated heterocycles. The second kappa shape index (κ2) is 8.17. The van der Waals surface area contributed by atoms with Crippen molar-refractivity contribution in [2.45, 2.75) is 32.8 Å². The molecule has 6 heteroatoms. The second-order valence-electron chi connectivity index (χ2n) is 6.77. The summed E-state index contributed by atoms with van der Waals surface area (Å²) in [5.41, 5.74) is 2.28. The Kier molecular flexibility index (Phi) is 5.68. The van der Waals surface area contributed by atoms with Crippen LogP contribution >= 0.6 is 0 Å². The molecule has 28 heavy (non-hydrogen) atoms. The Hall–Kier alpha value is -3.28. The molecule has 0 fully saturated rings. The van der Waals surface area contributed by atoms with Crippen LogP contribution in [0.15, 0.2) is 48.5 Å². The molecular weight excluding hydrogens is 358 g/mol. The van der Waals surface area contributed by atoms with Crippen molar-refractivity contribution in [3.8, 4) is 0 Å². The summed E-state index contributed by atoms with van der Waals surface area (Å²) in [5, 5.41) is 0. The number of imide groups is 1. The lowest BCUT2D eigenvalue weighted by atomic mass is 10.1. The smallest absolute Gasteiger partial charge is 0.306 e. The van der Waals surface area contributed by atoms with Crippen molar-refractivity contribution in [1.82, 2.24) is 4.90 Å². The van der Waals surface area contributed by atoms with Gasteiger partial charge in [-0.05, 0) is 32.4 Å². The monoisotopic (exact) mass is 379 g/mol. The van der Waals surface area contributed by atoms with Gasteiger partial charge in [0.25, 0.3) is 11.8 Å². The molecule has 0 saturated carbocycles. The van der Waals surface area contributed by atoms with Gasteiger partial charge in [0.2, 0.25) is 5.78 Å². The van der Waals surface area contributed by atoms with E-state index in [0.717, 1.165) is 10.5 Å². The maximum Gasteiger partial charge on any atom is 0.306 e. The van der Waals surface area contributed by atoms with Gasteiger partial charge < -0.3 is 4.74 Å². The Balaban J connectivity index is 1.48. The zero-order chi connectivity index (χ0) is 20.3. The maximum absolute atomic E-state index is 12.3. The number of benzene rings is 2. The largest absolute Gasteiger partial charge is 0.454 e. The standard InChI is InChI=1S/C22H21NO5/c1-14-9-11-16(12-10-14)20(25)15(2)28-19(24)8-5-13-23-21(26)17-6-3-4-7-18(17)22(23)27/h3-4,6-7,9-12,15H,5,8,13H2,1-2H3/t15-/m1/s1. The summed E-state index contributed by atoms with van der Waals surface area (Å²) in [5.74, 6) is -1.51. The highest BCUT2D eigenvalue weighted by atomic mass is 16.5. The van der Waals surface area contributed by atoms with Crippen LogP contribution in [0.25, 0.3) is 0 Å². The van der Waals surface area contributed by atoms with Crippen LogP contribution in [0.3, 0.4) is 0 Å². The van der Waals surface area contributed by atoms with Crippen molar-refractivity contribution in [3.63, 3.8) is 0 Å². The number of nitrogens with zero attached hydrogens (tertiary/aromatic N) is 1. The number of fused-ring (bicyclic) bond motifs is 1. The summed E-state index contributed by atoms with van der Waals surface area (Å²) >= 11 is 0.